The van der Waals surface area contributed by atoms with Crippen LogP contribution in [0.3, 0.4) is 0 Å². The van der Waals surface area contributed by atoms with E-state index in [1.54, 1.807) is 0 Å². The summed E-state index contributed by atoms with van der Waals surface area (Å²) >= 11 is 1.85. The van der Waals surface area contributed by atoms with Crippen LogP contribution >= 0.6 is 35.7 Å². The van der Waals surface area contributed by atoms with Crippen molar-refractivity contribution in [3.8, 4) is 5.75 Å². The minimum absolute atomic E-state index is 0. The minimum Gasteiger partial charge on any atom is -0.491 e. The molecule has 6 heteroatoms. The average Bonchev–Trinajstić information content (AvgIpc) is 2.51. The highest BCUT2D eigenvalue weighted by molar-refractivity contribution is 14.0. The lowest BCUT2D eigenvalue weighted by molar-refractivity contribution is 0.242. The van der Waals surface area contributed by atoms with Crippen molar-refractivity contribution in [3.05, 3.63) is 29.8 Å². The van der Waals surface area contributed by atoms with Crippen LogP contribution in [0.15, 0.2) is 29.3 Å². The molecule has 0 radical (unpaired) electrons. The highest BCUT2D eigenvalue weighted by Crippen LogP contribution is 2.19. The van der Waals surface area contributed by atoms with Gasteiger partial charge in [-0.2, -0.15) is 11.8 Å². The lowest BCUT2D eigenvalue weighted by Gasteiger charge is -2.23. The van der Waals surface area contributed by atoms with E-state index in [1.807, 2.05) is 37.7 Å². The third-order valence-electron chi connectivity index (χ3n) is 3.29. The molecule has 0 amide bonds. The van der Waals surface area contributed by atoms with E-state index >= 15 is 0 Å². The fourth-order valence-corrected chi connectivity index (χ4v) is 2.04. The molecule has 0 atom stereocenters. The van der Waals surface area contributed by atoms with Crippen LogP contribution in [-0.2, 0) is 6.54 Å². The fourth-order valence-electron chi connectivity index (χ4n) is 1.83. The summed E-state index contributed by atoms with van der Waals surface area (Å²) in [4.78, 5) is 4.66. The summed E-state index contributed by atoms with van der Waals surface area (Å²) < 4.78 is 5.85. The zero-order chi connectivity index (χ0) is 17.3. The Labute approximate surface area is 168 Å². The van der Waals surface area contributed by atoms with Crippen LogP contribution in [0, 0.1) is 0 Å². The Kier molecular flexibility index (Phi) is 11.5. The Morgan fingerprint density at radius 3 is 2.33 bits per heavy atom. The first kappa shape index (κ1) is 23.4. The summed E-state index contributed by atoms with van der Waals surface area (Å²) in [6.45, 7) is 13.0. The first-order valence-corrected chi connectivity index (χ1v) is 9.41. The smallest absolute Gasteiger partial charge is 0.191 e. The maximum Gasteiger partial charge on any atom is 0.191 e. The van der Waals surface area contributed by atoms with Crippen LogP contribution in [0.2, 0.25) is 0 Å². The number of guanidine groups is 1. The summed E-state index contributed by atoms with van der Waals surface area (Å²) in [7, 11) is 0. The van der Waals surface area contributed by atoms with Crippen molar-refractivity contribution in [2.45, 2.75) is 52.0 Å². The van der Waals surface area contributed by atoms with Gasteiger partial charge in [0.15, 0.2) is 5.96 Å². The second-order valence-electron chi connectivity index (χ2n) is 6.32. The zero-order valence-corrected chi connectivity index (χ0v) is 18.8. The molecular formula is C18H32IN3OS. The van der Waals surface area contributed by atoms with E-state index in [0.29, 0.717) is 6.54 Å². The standard InChI is InChI=1S/C18H31N3OS.HI/c1-7-19-17(21-13-18(4,5)23-6)20-12-15-8-10-16(11-9-15)22-14(2)3;/h8-11,14H,7,12-13H2,1-6H3,(H2,19,20,21);1H. The molecule has 138 valence electrons. The maximum absolute atomic E-state index is 5.66. The van der Waals surface area contributed by atoms with Crippen molar-refractivity contribution in [1.82, 2.24) is 10.6 Å². The van der Waals surface area contributed by atoms with Gasteiger partial charge in [-0.25, -0.2) is 4.99 Å². The monoisotopic (exact) mass is 465 g/mol. The van der Waals surface area contributed by atoms with Crippen molar-refractivity contribution in [2.75, 3.05) is 19.3 Å². The van der Waals surface area contributed by atoms with Gasteiger partial charge < -0.3 is 15.4 Å². The molecule has 0 unspecified atom stereocenters. The van der Waals surface area contributed by atoms with Crippen LogP contribution in [0.4, 0.5) is 0 Å². The van der Waals surface area contributed by atoms with Crippen LogP contribution < -0.4 is 15.4 Å². The Morgan fingerprint density at radius 1 is 1.21 bits per heavy atom. The highest BCUT2D eigenvalue weighted by atomic mass is 127. The summed E-state index contributed by atoms with van der Waals surface area (Å²) in [6, 6.07) is 8.14. The van der Waals surface area contributed by atoms with Crippen LogP contribution in [0.5, 0.6) is 5.75 Å². The van der Waals surface area contributed by atoms with Gasteiger partial charge in [-0.05, 0) is 58.6 Å². The van der Waals surface area contributed by atoms with Gasteiger partial charge in [-0.3, -0.25) is 0 Å². The van der Waals surface area contributed by atoms with Gasteiger partial charge in [0.1, 0.15) is 5.75 Å². The molecule has 1 aromatic carbocycles. The van der Waals surface area contributed by atoms with E-state index < -0.39 is 0 Å². The molecule has 2 N–H and O–H groups in total. The van der Waals surface area contributed by atoms with Crippen molar-refractivity contribution < 1.29 is 4.74 Å². The van der Waals surface area contributed by atoms with Crippen LogP contribution in [0.25, 0.3) is 0 Å². The van der Waals surface area contributed by atoms with E-state index in [1.165, 1.54) is 5.56 Å². The SMILES string of the molecule is CCNC(=NCc1ccc(OC(C)C)cc1)NCC(C)(C)SC.I. The molecule has 0 saturated carbocycles. The molecule has 0 aromatic heterocycles. The van der Waals surface area contributed by atoms with E-state index in [0.717, 1.165) is 24.8 Å². The number of rotatable bonds is 8. The van der Waals surface area contributed by atoms with E-state index in [2.05, 4.69) is 54.8 Å². The van der Waals surface area contributed by atoms with Gasteiger partial charge in [0.05, 0.1) is 12.6 Å². The minimum atomic E-state index is 0. The topological polar surface area (TPSA) is 45.7 Å². The molecular weight excluding hydrogens is 433 g/mol. The maximum atomic E-state index is 5.66. The van der Waals surface area contributed by atoms with E-state index in [9.17, 15) is 0 Å². The number of hydrogen-bond acceptors (Lipinski definition) is 3. The van der Waals surface area contributed by atoms with Crippen LogP contribution in [0.1, 0.15) is 40.2 Å². The van der Waals surface area contributed by atoms with Gasteiger partial charge in [-0.15, -0.1) is 24.0 Å². The number of ether oxygens (including phenoxy) is 1. The largest absolute Gasteiger partial charge is 0.491 e. The number of halogens is 1. The lowest BCUT2D eigenvalue weighted by Crippen LogP contribution is -2.43. The van der Waals surface area contributed by atoms with Crippen LogP contribution in [-0.4, -0.2) is 36.2 Å². The van der Waals surface area contributed by atoms with E-state index in [4.69, 9.17) is 4.74 Å². The van der Waals surface area contributed by atoms with Gasteiger partial charge in [0.25, 0.3) is 0 Å². The molecule has 0 saturated heterocycles. The zero-order valence-electron chi connectivity index (χ0n) is 15.7. The third-order valence-corrected chi connectivity index (χ3v) is 4.54. The molecule has 0 aliphatic rings. The number of nitrogens with zero attached hydrogens (tertiary/aromatic N) is 1. The average molecular weight is 465 g/mol. The molecule has 24 heavy (non-hydrogen) atoms. The first-order chi connectivity index (χ1) is 10.9. The Balaban J connectivity index is 0.00000529. The molecule has 0 bridgehead atoms. The second-order valence-corrected chi connectivity index (χ2v) is 7.84. The molecule has 0 fully saturated rings. The number of aliphatic imine (C=N–C) groups is 1. The van der Waals surface area contributed by atoms with Crippen molar-refractivity contribution >= 4 is 41.7 Å². The molecule has 0 heterocycles. The number of nitrogens with one attached hydrogen (secondary N) is 2. The number of benzene rings is 1. The number of thioether (sulfide) groups is 1. The third kappa shape index (κ3) is 9.61. The predicted octanol–water partition coefficient (Wildman–Crippen LogP) is 4.29. The molecule has 0 aliphatic carbocycles. The fraction of sp³-hybridized carbons (Fsp3) is 0.611. The Bertz CT molecular complexity index is 490. The quantitative estimate of drug-likeness (QED) is 0.342. The van der Waals surface area contributed by atoms with Crippen molar-refractivity contribution in [1.29, 1.82) is 0 Å². The summed E-state index contributed by atoms with van der Waals surface area (Å²) in [5.74, 6) is 1.76. The highest BCUT2D eigenvalue weighted by Gasteiger charge is 2.15. The Morgan fingerprint density at radius 2 is 1.83 bits per heavy atom. The van der Waals surface area contributed by atoms with Gasteiger partial charge >= 0.3 is 0 Å². The number of hydrogen-bond donors (Lipinski definition) is 2. The van der Waals surface area contributed by atoms with Gasteiger partial charge in [0.2, 0.25) is 0 Å². The van der Waals surface area contributed by atoms with Gasteiger partial charge in [-0.1, -0.05) is 12.1 Å². The molecule has 1 aromatic rings. The summed E-state index contributed by atoms with van der Waals surface area (Å²) in [5, 5.41) is 6.70. The molecule has 0 aliphatic heterocycles. The molecule has 4 nitrogen and oxygen atoms in total. The normalized spacial score (nSPS) is 11.9. The van der Waals surface area contributed by atoms with Crippen molar-refractivity contribution in [2.24, 2.45) is 4.99 Å². The summed E-state index contributed by atoms with van der Waals surface area (Å²) in [5.41, 5.74) is 1.17. The molecule has 1 rings (SSSR count). The molecule has 0 spiro atoms. The van der Waals surface area contributed by atoms with Gasteiger partial charge in [0, 0.05) is 17.8 Å². The summed E-state index contributed by atoms with van der Waals surface area (Å²) in [6.07, 6.45) is 2.33. The van der Waals surface area contributed by atoms with E-state index in [-0.39, 0.29) is 34.8 Å². The second kappa shape index (κ2) is 11.8. The van der Waals surface area contributed by atoms with Crippen molar-refractivity contribution in [3.63, 3.8) is 0 Å². The Hall–Kier alpha value is -0.630. The predicted molar refractivity (Wildman–Crippen MR) is 118 cm³/mol. The lowest BCUT2D eigenvalue weighted by atomic mass is 10.2. The first-order valence-electron chi connectivity index (χ1n) is 8.19.